The Bertz CT molecular complexity index is 596. The van der Waals surface area contributed by atoms with Crippen LogP contribution < -0.4 is 10.4 Å². The molecule has 110 valence electrons. The Morgan fingerprint density at radius 3 is 2.33 bits per heavy atom. The molecular formula is C15H16N2O4. The van der Waals surface area contributed by atoms with Gasteiger partial charge in [0.15, 0.2) is 0 Å². The summed E-state index contributed by atoms with van der Waals surface area (Å²) in [7, 11) is 0. The molecule has 1 saturated heterocycles. The van der Waals surface area contributed by atoms with Gasteiger partial charge in [-0.1, -0.05) is 12.8 Å². The minimum absolute atomic E-state index is 0.109. The Hall–Kier alpha value is -2.37. The van der Waals surface area contributed by atoms with E-state index in [4.69, 9.17) is 5.11 Å². The topological polar surface area (TPSA) is 86.7 Å². The molecule has 0 aromatic heterocycles. The number of carbonyl (C=O) groups excluding carboxylic acids is 2. The van der Waals surface area contributed by atoms with Crippen molar-refractivity contribution in [1.82, 2.24) is 5.43 Å². The first-order chi connectivity index (χ1) is 10.1. The molecule has 6 heteroatoms. The van der Waals surface area contributed by atoms with Gasteiger partial charge in [0.25, 0.3) is 0 Å². The zero-order valence-corrected chi connectivity index (χ0v) is 11.4. The first kappa shape index (κ1) is 13.6. The van der Waals surface area contributed by atoms with E-state index < -0.39 is 5.97 Å². The Balaban J connectivity index is 1.86. The molecule has 1 aliphatic heterocycles. The maximum Gasteiger partial charge on any atom is 0.335 e. The van der Waals surface area contributed by atoms with E-state index in [0.717, 1.165) is 25.7 Å². The molecule has 2 fully saturated rings. The van der Waals surface area contributed by atoms with Crippen LogP contribution in [-0.4, -0.2) is 22.9 Å². The number of amides is 2. The van der Waals surface area contributed by atoms with Gasteiger partial charge in [-0.05, 0) is 37.1 Å². The highest BCUT2D eigenvalue weighted by Crippen LogP contribution is 2.35. The lowest BCUT2D eigenvalue weighted by molar-refractivity contribution is -0.141. The van der Waals surface area contributed by atoms with Crippen LogP contribution in [0.2, 0.25) is 0 Å². The molecule has 1 aromatic rings. The summed E-state index contributed by atoms with van der Waals surface area (Å²) in [6.07, 6.45) is 3.44. The molecule has 2 amide bonds. The van der Waals surface area contributed by atoms with E-state index in [1.165, 1.54) is 29.3 Å². The number of hydrazine groups is 1. The summed E-state index contributed by atoms with van der Waals surface area (Å²) < 4.78 is 0. The third kappa shape index (κ3) is 2.37. The molecule has 3 rings (SSSR count). The molecule has 2 N–H and O–H groups in total. The molecule has 2 aliphatic rings. The summed E-state index contributed by atoms with van der Waals surface area (Å²) in [5, 5.41) is 10.1. The molecule has 1 aromatic carbocycles. The summed E-state index contributed by atoms with van der Waals surface area (Å²) >= 11 is 0. The van der Waals surface area contributed by atoms with Gasteiger partial charge in [0.1, 0.15) is 0 Å². The summed E-state index contributed by atoms with van der Waals surface area (Å²) in [5.41, 5.74) is 3.26. The van der Waals surface area contributed by atoms with Gasteiger partial charge < -0.3 is 5.11 Å². The minimum Gasteiger partial charge on any atom is -0.478 e. The third-order valence-corrected chi connectivity index (χ3v) is 4.23. The Kier molecular flexibility index (Phi) is 3.37. The number of nitrogens with zero attached hydrogens (tertiary/aromatic N) is 1. The van der Waals surface area contributed by atoms with Crippen LogP contribution in [0.25, 0.3) is 0 Å². The smallest absolute Gasteiger partial charge is 0.335 e. The minimum atomic E-state index is -1.03. The molecule has 2 atom stereocenters. The Morgan fingerprint density at radius 2 is 1.71 bits per heavy atom. The molecular weight excluding hydrogens is 272 g/mol. The lowest BCUT2D eigenvalue weighted by atomic mass is 9.77. The number of benzene rings is 1. The van der Waals surface area contributed by atoms with Crippen molar-refractivity contribution in [2.24, 2.45) is 11.8 Å². The predicted molar refractivity (Wildman–Crippen MR) is 74.5 cm³/mol. The molecule has 2 unspecified atom stereocenters. The largest absolute Gasteiger partial charge is 0.478 e. The summed E-state index contributed by atoms with van der Waals surface area (Å²) in [4.78, 5) is 35.5. The summed E-state index contributed by atoms with van der Waals surface area (Å²) in [6.45, 7) is 0. The van der Waals surface area contributed by atoms with E-state index in [2.05, 4.69) is 5.43 Å². The van der Waals surface area contributed by atoms with Crippen LogP contribution in [0.5, 0.6) is 0 Å². The lowest BCUT2D eigenvalue weighted by Crippen LogP contribution is -2.59. The fraction of sp³-hybridized carbons (Fsp3) is 0.400. The molecule has 1 saturated carbocycles. The number of hydrogen-bond donors (Lipinski definition) is 2. The highest BCUT2D eigenvalue weighted by atomic mass is 16.4. The van der Waals surface area contributed by atoms with E-state index in [1.54, 1.807) is 0 Å². The normalized spacial score (nSPS) is 25.2. The summed E-state index contributed by atoms with van der Waals surface area (Å²) in [6, 6.07) is 5.91. The summed E-state index contributed by atoms with van der Waals surface area (Å²) in [5.74, 6) is -1.74. The second-order valence-electron chi connectivity index (χ2n) is 5.50. The van der Waals surface area contributed by atoms with Crippen LogP contribution in [0.3, 0.4) is 0 Å². The van der Waals surface area contributed by atoms with Gasteiger partial charge in [0, 0.05) is 0 Å². The van der Waals surface area contributed by atoms with Crippen LogP contribution in [0, 0.1) is 11.8 Å². The monoisotopic (exact) mass is 288 g/mol. The number of nitrogens with one attached hydrogen (secondary N) is 1. The van der Waals surface area contributed by atoms with Crippen LogP contribution in [0.15, 0.2) is 24.3 Å². The zero-order valence-electron chi connectivity index (χ0n) is 11.4. The number of carbonyl (C=O) groups is 3. The molecule has 1 aliphatic carbocycles. The standard InChI is InChI=1S/C15H16N2O4/c18-13-11-3-1-2-4-12(11)14(19)17(16-13)10-7-5-9(6-8-10)15(20)21/h5-8,11-12H,1-4H2,(H,16,18)(H,20,21). The molecule has 0 spiro atoms. The van der Waals surface area contributed by atoms with Gasteiger partial charge >= 0.3 is 5.97 Å². The van der Waals surface area contributed by atoms with E-state index in [-0.39, 0.29) is 29.2 Å². The van der Waals surface area contributed by atoms with Gasteiger partial charge in [-0.25, -0.2) is 9.80 Å². The van der Waals surface area contributed by atoms with Gasteiger partial charge in [0.2, 0.25) is 11.8 Å². The number of fused-ring (bicyclic) bond motifs is 1. The molecule has 0 radical (unpaired) electrons. The maximum atomic E-state index is 12.5. The number of aromatic carboxylic acids is 1. The first-order valence-corrected chi connectivity index (χ1v) is 7.06. The molecule has 6 nitrogen and oxygen atoms in total. The van der Waals surface area contributed by atoms with Gasteiger partial charge in [-0.3, -0.25) is 15.0 Å². The first-order valence-electron chi connectivity index (χ1n) is 7.06. The average molecular weight is 288 g/mol. The van der Waals surface area contributed by atoms with Crippen LogP contribution >= 0.6 is 0 Å². The number of carboxylic acid groups (broad SMARTS) is 1. The zero-order chi connectivity index (χ0) is 15.0. The molecule has 21 heavy (non-hydrogen) atoms. The van der Waals surface area contributed by atoms with Crippen molar-refractivity contribution >= 4 is 23.5 Å². The molecule has 0 bridgehead atoms. The number of rotatable bonds is 2. The number of anilines is 1. The lowest BCUT2D eigenvalue weighted by Gasteiger charge is -2.39. The highest BCUT2D eigenvalue weighted by Gasteiger charge is 2.43. The van der Waals surface area contributed by atoms with E-state index in [1.807, 2.05) is 0 Å². The van der Waals surface area contributed by atoms with Crippen LogP contribution in [0.1, 0.15) is 36.0 Å². The van der Waals surface area contributed by atoms with Gasteiger partial charge in [-0.2, -0.15) is 0 Å². The van der Waals surface area contributed by atoms with Crippen molar-refractivity contribution in [3.8, 4) is 0 Å². The Labute approximate surface area is 121 Å². The van der Waals surface area contributed by atoms with Crippen molar-refractivity contribution < 1.29 is 19.5 Å². The fourth-order valence-electron chi connectivity index (χ4n) is 3.10. The quantitative estimate of drug-likeness (QED) is 0.864. The van der Waals surface area contributed by atoms with Crippen molar-refractivity contribution in [3.63, 3.8) is 0 Å². The Morgan fingerprint density at radius 1 is 1.10 bits per heavy atom. The van der Waals surface area contributed by atoms with Crippen molar-refractivity contribution in [1.29, 1.82) is 0 Å². The second-order valence-corrected chi connectivity index (χ2v) is 5.50. The van der Waals surface area contributed by atoms with Gasteiger partial charge in [0.05, 0.1) is 23.1 Å². The third-order valence-electron chi connectivity index (χ3n) is 4.23. The number of hydrogen-bond acceptors (Lipinski definition) is 3. The van der Waals surface area contributed by atoms with Crippen LogP contribution in [0.4, 0.5) is 5.69 Å². The molecule has 1 heterocycles. The van der Waals surface area contributed by atoms with E-state index >= 15 is 0 Å². The van der Waals surface area contributed by atoms with E-state index in [9.17, 15) is 14.4 Å². The van der Waals surface area contributed by atoms with Crippen molar-refractivity contribution in [2.75, 3.05) is 5.01 Å². The highest BCUT2D eigenvalue weighted by molar-refractivity contribution is 6.04. The second kappa shape index (κ2) is 5.20. The number of carboxylic acids is 1. The fourth-order valence-corrected chi connectivity index (χ4v) is 3.10. The van der Waals surface area contributed by atoms with Crippen LogP contribution in [-0.2, 0) is 9.59 Å². The SMILES string of the molecule is O=C(O)c1ccc(N2NC(=O)C3CCCCC3C2=O)cc1. The average Bonchev–Trinajstić information content (AvgIpc) is 2.51. The van der Waals surface area contributed by atoms with Gasteiger partial charge in [-0.15, -0.1) is 0 Å². The predicted octanol–water partition coefficient (Wildman–Crippen LogP) is 1.57. The maximum absolute atomic E-state index is 12.5. The van der Waals surface area contributed by atoms with Crippen molar-refractivity contribution in [2.45, 2.75) is 25.7 Å². The van der Waals surface area contributed by atoms with E-state index in [0.29, 0.717) is 5.69 Å². The van der Waals surface area contributed by atoms with Crippen molar-refractivity contribution in [3.05, 3.63) is 29.8 Å².